The van der Waals surface area contributed by atoms with E-state index in [0.717, 1.165) is 44.6 Å². The number of rotatable bonds is 5. The van der Waals surface area contributed by atoms with E-state index < -0.39 is 0 Å². The Morgan fingerprint density at radius 3 is 2.66 bits per heavy atom. The third kappa shape index (κ3) is 5.07. The monoisotopic (exact) mass is 413 g/mol. The van der Waals surface area contributed by atoms with Crippen molar-refractivity contribution in [3.05, 3.63) is 58.3 Å². The molecule has 1 atom stereocenters. The van der Waals surface area contributed by atoms with Crippen LogP contribution in [0.1, 0.15) is 23.3 Å². The smallest absolute Gasteiger partial charge is 0.253 e. The van der Waals surface area contributed by atoms with Crippen LogP contribution >= 0.6 is 11.3 Å². The van der Waals surface area contributed by atoms with Crippen LogP contribution < -0.4 is 0 Å². The lowest BCUT2D eigenvalue weighted by atomic mass is 9.88. The van der Waals surface area contributed by atoms with E-state index in [1.165, 1.54) is 4.88 Å². The van der Waals surface area contributed by atoms with Crippen LogP contribution in [0.5, 0.6) is 0 Å². The number of likely N-dealkylation sites (N-methyl/N-ethyl adjacent to an activating group) is 2. The molecule has 1 spiro atoms. The number of piperidine rings is 1. The highest BCUT2D eigenvalue weighted by Gasteiger charge is 2.44. The molecule has 0 saturated carbocycles. The van der Waals surface area contributed by atoms with Crippen LogP contribution in [-0.4, -0.2) is 72.6 Å². The number of ether oxygens (including phenoxy) is 1. The molecule has 2 aliphatic heterocycles. The summed E-state index contributed by atoms with van der Waals surface area (Å²) in [6, 6.07) is 14.5. The number of benzene rings is 1. The standard InChI is InChI=1S/C23H31N3O2S/c1-24-17-21(22(27)25(2)15-19-7-4-3-5-8-19)28-23(18-24)10-12-26(13-11-23)16-20-9-6-14-29-20/h3-9,14,21H,10-13,15-18H2,1-2H3/t21-/m0/s1. The van der Waals surface area contributed by atoms with Crippen LogP contribution in [0.15, 0.2) is 47.8 Å². The quantitative estimate of drug-likeness (QED) is 0.755. The minimum Gasteiger partial charge on any atom is -0.359 e. The highest BCUT2D eigenvalue weighted by molar-refractivity contribution is 7.09. The second-order valence-corrected chi connectivity index (χ2v) is 9.55. The SMILES string of the molecule is CN1C[C@@H](C(=O)N(C)Cc2ccccc2)OC2(CCN(Cc3cccs3)CC2)C1. The number of carbonyl (C=O) groups is 1. The average molecular weight is 414 g/mol. The van der Waals surface area contributed by atoms with Crippen molar-refractivity contribution in [2.75, 3.05) is 40.3 Å². The topological polar surface area (TPSA) is 36.0 Å². The maximum absolute atomic E-state index is 13.1. The van der Waals surface area contributed by atoms with E-state index in [4.69, 9.17) is 4.74 Å². The fourth-order valence-corrected chi connectivity index (χ4v) is 5.29. The van der Waals surface area contributed by atoms with Crippen LogP contribution in [0, 0.1) is 0 Å². The summed E-state index contributed by atoms with van der Waals surface area (Å²) in [5, 5.41) is 2.14. The fourth-order valence-electron chi connectivity index (χ4n) is 4.54. The molecule has 156 valence electrons. The zero-order chi connectivity index (χ0) is 20.3. The van der Waals surface area contributed by atoms with Crippen molar-refractivity contribution in [2.45, 2.75) is 37.6 Å². The minimum absolute atomic E-state index is 0.0841. The molecule has 3 heterocycles. The Labute approximate surface area is 177 Å². The van der Waals surface area contributed by atoms with E-state index >= 15 is 0 Å². The first-order valence-corrected chi connectivity index (χ1v) is 11.3. The van der Waals surface area contributed by atoms with Crippen LogP contribution in [0.3, 0.4) is 0 Å². The van der Waals surface area contributed by atoms with E-state index in [9.17, 15) is 4.79 Å². The normalized spacial score (nSPS) is 22.6. The van der Waals surface area contributed by atoms with E-state index in [0.29, 0.717) is 13.1 Å². The molecule has 29 heavy (non-hydrogen) atoms. The van der Waals surface area contributed by atoms with E-state index in [-0.39, 0.29) is 17.6 Å². The molecule has 5 nitrogen and oxygen atoms in total. The third-order valence-corrected chi connectivity index (χ3v) is 6.93. The lowest BCUT2D eigenvalue weighted by molar-refractivity contribution is -0.188. The van der Waals surface area contributed by atoms with E-state index in [1.807, 2.05) is 36.6 Å². The van der Waals surface area contributed by atoms with Gasteiger partial charge in [-0.15, -0.1) is 11.3 Å². The van der Waals surface area contributed by atoms with Crippen LogP contribution in [-0.2, 0) is 22.6 Å². The summed E-state index contributed by atoms with van der Waals surface area (Å²) in [6.45, 7) is 5.25. The van der Waals surface area contributed by atoms with Crippen molar-refractivity contribution in [3.63, 3.8) is 0 Å². The number of hydrogen-bond donors (Lipinski definition) is 0. The average Bonchev–Trinajstić information content (AvgIpc) is 3.23. The first-order chi connectivity index (χ1) is 14.0. The highest BCUT2D eigenvalue weighted by Crippen LogP contribution is 2.33. The van der Waals surface area contributed by atoms with Gasteiger partial charge in [-0.1, -0.05) is 36.4 Å². The van der Waals surface area contributed by atoms with Gasteiger partial charge in [-0.25, -0.2) is 0 Å². The van der Waals surface area contributed by atoms with Crippen LogP contribution in [0.25, 0.3) is 0 Å². The molecule has 0 radical (unpaired) electrons. The third-order valence-electron chi connectivity index (χ3n) is 6.07. The van der Waals surface area contributed by atoms with Gasteiger partial charge in [-0.05, 0) is 36.9 Å². The van der Waals surface area contributed by atoms with Crippen molar-refractivity contribution >= 4 is 17.2 Å². The summed E-state index contributed by atoms with van der Waals surface area (Å²) in [4.78, 5) is 21.1. The summed E-state index contributed by atoms with van der Waals surface area (Å²) < 4.78 is 6.53. The summed E-state index contributed by atoms with van der Waals surface area (Å²) in [5.41, 5.74) is 0.941. The zero-order valence-electron chi connectivity index (χ0n) is 17.4. The lowest BCUT2D eigenvalue weighted by Crippen LogP contribution is -2.61. The summed E-state index contributed by atoms with van der Waals surface area (Å²) in [7, 11) is 3.99. The molecule has 4 rings (SSSR count). The first-order valence-electron chi connectivity index (χ1n) is 10.4. The molecule has 2 aliphatic rings. The molecule has 1 aromatic heterocycles. The number of nitrogens with zero attached hydrogens (tertiary/aromatic N) is 3. The summed E-state index contributed by atoms with van der Waals surface area (Å²) in [6.07, 6.45) is 1.58. The number of thiophene rings is 1. The number of morpholine rings is 1. The molecule has 1 aromatic carbocycles. The Hall–Kier alpha value is -1.73. The van der Waals surface area contributed by atoms with Crippen LogP contribution in [0.2, 0.25) is 0 Å². The number of hydrogen-bond acceptors (Lipinski definition) is 5. The minimum atomic E-state index is -0.383. The summed E-state index contributed by atoms with van der Waals surface area (Å²) >= 11 is 1.82. The maximum atomic E-state index is 13.1. The molecular weight excluding hydrogens is 382 g/mol. The van der Waals surface area contributed by atoms with Crippen LogP contribution in [0.4, 0.5) is 0 Å². The molecule has 2 fully saturated rings. The van der Waals surface area contributed by atoms with Gasteiger partial charge in [-0.2, -0.15) is 0 Å². The largest absolute Gasteiger partial charge is 0.359 e. The van der Waals surface area contributed by atoms with Crippen molar-refractivity contribution in [2.24, 2.45) is 0 Å². The Morgan fingerprint density at radius 2 is 1.97 bits per heavy atom. The van der Waals surface area contributed by atoms with Gasteiger partial charge in [0.15, 0.2) is 0 Å². The van der Waals surface area contributed by atoms with Crippen molar-refractivity contribution in [1.82, 2.24) is 14.7 Å². The second kappa shape index (κ2) is 8.96. The van der Waals surface area contributed by atoms with Crippen molar-refractivity contribution < 1.29 is 9.53 Å². The predicted octanol–water partition coefficient (Wildman–Crippen LogP) is 3.07. The maximum Gasteiger partial charge on any atom is 0.253 e. The molecule has 1 amide bonds. The van der Waals surface area contributed by atoms with Crippen molar-refractivity contribution in [1.29, 1.82) is 0 Å². The molecule has 0 bridgehead atoms. The van der Waals surface area contributed by atoms with Gasteiger partial charge in [0.2, 0.25) is 0 Å². The highest BCUT2D eigenvalue weighted by atomic mass is 32.1. The van der Waals surface area contributed by atoms with Gasteiger partial charge in [0, 0.05) is 51.2 Å². The molecule has 0 N–H and O–H groups in total. The van der Waals surface area contributed by atoms with E-state index in [1.54, 1.807) is 4.90 Å². The Morgan fingerprint density at radius 1 is 1.21 bits per heavy atom. The number of carbonyl (C=O) groups excluding carboxylic acids is 1. The lowest BCUT2D eigenvalue weighted by Gasteiger charge is -2.49. The van der Waals surface area contributed by atoms with Gasteiger partial charge < -0.3 is 14.5 Å². The molecular formula is C23H31N3O2S. The first kappa shape index (κ1) is 20.5. The zero-order valence-corrected chi connectivity index (χ0v) is 18.2. The molecule has 2 saturated heterocycles. The fraction of sp³-hybridized carbons (Fsp3) is 0.522. The number of likely N-dealkylation sites (tertiary alicyclic amines) is 1. The molecule has 6 heteroatoms. The summed E-state index contributed by atoms with van der Waals surface area (Å²) in [5.74, 6) is 0.0841. The van der Waals surface area contributed by atoms with Gasteiger partial charge in [0.25, 0.3) is 5.91 Å². The Balaban J connectivity index is 1.36. The predicted molar refractivity (Wildman–Crippen MR) is 117 cm³/mol. The van der Waals surface area contributed by atoms with Gasteiger partial charge in [0.1, 0.15) is 6.10 Å². The second-order valence-electron chi connectivity index (χ2n) is 8.52. The van der Waals surface area contributed by atoms with Crippen molar-refractivity contribution in [3.8, 4) is 0 Å². The van der Waals surface area contributed by atoms with E-state index in [2.05, 4.69) is 46.5 Å². The van der Waals surface area contributed by atoms with Gasteiger partial charge in [0.05, 0.1) is 5.60 Å². The molecule has 2 aromatic rings. The Bertz CT molecular complexity index is 788. The van der Waals surface area contributed by atoms with Gasteiger partial charge in [-0.3, -0.25) is 9.69 Å². The molecule has 0 aliphatic carbocycles. The van der Waals surface area contributed by atoms with Gasteiger partial charge >= 0.3 is 0 Å². The Kier molecular flexibility index (Phi) is 6.35. The number of amides is 1. The molecule has 0 unspecified atom stereocenters.